The molecule has 1 aromatic heterocycles. The minimum Gasteiger partial charge on any atom is -0.471 e. The lowest BCUT2D eigenvalue weighted by atomic mass is 9.78. The second kappa shape index (κ2) is 6.75. The van der Waals surface area contributed by atoms with Crippen LogP contribution in [0.3, 0.4) is 0 Å². The van der Waals surface area contributed by atoms with E-state index in [4.69, 9.17) is 4.74 Å². The van der Waals surface area contributed by atoms with Gasteiger partial charge in [-0.25, -0.2) is 0 Å². The highest BCUT2D eigenvalue weighted by molar-refractivity contribution is 7.11. The minimum atomic E-state index is -0.292. The Morgan fingerprint density at radius 1 is 0.931 bits per heavy atom. The number of hydrogen-bond acceptors (Lipinski definition) is 4. The predicted molar refractivity (Wildman–Crippen MR) is 117 cm³/mol. The summed E-state index contributed by atoms with van der Waals surface area (Å²) in [5.74, 6) is 1.66. The molecule has 1 atom stereocenters. The van der Waals surface area contributed by atoms with Crippen molar-refractivity contribution < 1.29 is 4.74 Å². The zero-order valence-corrected chi connectivity index (χ0v) is 17.1. The molecule has 2 aromatic carbocycles. The van der Waals surface area contributed by atoms with Crippen LogP contribution in [0.1, 0.15) is 53.6 Å². The molecule has 2 aliphatic heterocycles. The van der Waals surface area contributed by atoms with Gasteiger partial charge >= 0.3 is 0 Å². The van der Waals surface area contributed by atoms with E-state index in [9.17, 15) is 0 Å². The first kappa shape index (κ1) is 17.3. The van der Waals surface area contributed by atoms with Crippen LogP contribution in [-0.4, -0.2) is 10.7 Å². The van der Waals surface area contributed by atoms with Gasteiger partial charge in [0.2, 0.25) is 0 Å². The smallest absolute Gasteiger partial charge is 0.180 e. The Labute approximate surface area is 175 Å². The molecule has 3 aromatic rings. The van der Waals surface area contributed by atoms with Crippen LogP contribution in [-0.2, 0) is 0 Å². The van der Waals surface area contributed by atoms with Crippen molar-refractivity contribution in [2.75, 3.05) is 0 Å². The molecule has 0 radical (unpaired) electrons. The molecule has 3 nitrogen and oxygen atoms in total. The Morgan fingerprint density at radius 3 is 2.52 bits per heavy atom. The largest absolute Gasteiger partial charge is 0.471 e. The SMILES string of the molecule is C1=C(c2cccs2)NN2[C@@H]1c1ccccc1OC21CCC(c2ccccc2)CC1. The lowest BCUT2D eigenvalue weighted by Crippen LogP contribution is -2.60. The van der Waals surface area contributed by atoms with Crippen LogP contribution in [0.4, 0.5) is 0 Å². The fourth-order valence-electron chi connectivity index (χ4n) is 5.16. The van der Waals surface area contributed by atoms with E-state index in [0.29, 0.717) is 5.92 Å². The lowest BCUT2D eigenvalue weighted by Gasteiger charge is -2.51. The third-order valence-corrected chi connectivity index (χ3v) is 7.55. The van der Waals surface area contributed by atoms with Crippen molar-refractivity contribution in [3.8, 4) is 5.75 Å². The van der Waals surface area contributed by atoms with Gasteiger partial charge in [0.1, 0.15) is 5.75 Å². The molecule has 1 spiro atoms. The average Bonchev–Trinajstić information content (AvgIpc) is 3.46. The number of fused-ring (bicyclic) bond motifs is 4. The molecule has 0 bridgehead atoms. The van der Waals surface area contributed by atoms with Crippen LogP contribution in [0.5, 0.6) is 5.75 Å². The molecule has 0 amide bonds. The van der Waals surface area contributed by atoms with Gasteiger partial charge in [-0.1, -0.05) is 54.6 Å². The number of hydrogen-bond donors (Lipinski definition) is 1. The summed E-state index contributed by atoms with van der Waals surface area (Å²) < 4.78 is 6.76. The monoisotopic (exact) mass is 400 g/mol. The van der Waals surface area contributed by atoms with Crippen molar-refractivity contribution in [1.82, 2.24) is 10.4 Å². The second-order valence-corrected chi connectivity index (χ2v) is 9.20. The van der Waals surface area contributed by atoms with Gasteiger partial charge in [-0.2, -0.15) is 5.01 Å². The molecule has 1 saturated carbocycles. The van der Waals surface area contributed by atoms with Gasteiger partial charge < -0.3 is 10.2 Å². The van der Waals surface area contributed by atoms with Crippen LogP contribution < -0.4 is 10.2 Å². The summed E-state index contributed by atoms with van der Waals surface area (Å²) in [6.45, 7) is 0. The maximum atomic E-state index is 6.76. The Kier molecular flexibility index (Phi) is 4.03. The first-order valence-electron chi connectivity index (χ1n) is 10.5. The number of nitrogens with one attached hydrogen (secondary N) is 1. The van der Waals surface area contributed by atoms with Gasteiger partial charge in [-0.3, -0.25) is 0 Å². The van der Waals surface area contributed by atoms with Crippen molar-refractivity contribution >= 4 is 17.0 Å². The second-order valence-electron chi connectivity index (χ2n) is 8.26. The fourth-order valence-corrected chi connectivity index (χ4v) is 5.87. The van der Waals surface area contributed by atoms with Crippen molar-refractivity contribution in [2.45, 2.75) is 43.4 Å². The van der Waals surface area contributed by atoms with E-state index in [1.807, 2.05) is 0 Å². The third kappa shape index (κ3) is 2.82. The van der Waals surface area contributed by atoms with Gasteiger partial charge in [0.15, 0.2) is 5.72 Å². The van der Waals surface area contributed by atoms with Crippen molar-refractivity contribution in [3.05, 3.63) is 94.2 Å². The minimum absolute atomic E-state index is 0.213. The van der Waals surface area contributed by atoms with E-state index >= 15 is 0 Å². The number of rotatable bonds is 2. The van der Waals surface area contributed by atoms with Crippen LogP contribution in [0.2, 0.25) is 0 Å². The van der Waals surface area contributed by atoms with E-state index in [0.717, 1.165) is 31.4 Å². The molecule has 1 N–H and O–H groups in total. The Bertz CT molecular complexity index is 1040. The standard InChI is InChI=1S/C25H24N2OS/c1-2-7-18(8-3-1)19-12-14-25(15-13-19)27-22(20-9-4-5-10-23(20)28-25)17-21(26-27)24-11-6-16-29-24/h1-11,16-17,19,22,26H,12-15H2/t19?,22-,25?/m0/s1. The number of ether oxygens (including phenoxy) is 1. The van der Waals surface area contributed by atoms with Crippen molar-refractivity contribution in [3.63, 3.8) is 0 Å². The lowest BCUT2D eigenvalue weighted by molar-refractivity contribution is -0.152. The summed E-state index contributed by atoms with van der Waals surface area (Å²) in [6, 6.07) is 24.0. The average molecular weight is 401 g/mol. The normalized spacial score (nSPS) is 28.2. The van der Waals surface area contributed by atoms with Gasteiger partial charge in [-0.15, -0.1) is 11.3 Å². The quantitative estimate of drug-likeness (QED) is 0.563. The molecule has 1 aliphatic carbocycles. The summed E-state index contributed by atoms with van der Waals surface area (Å²) in [5, 5.41) is 4.53. The summed E-state index contributed by atoms with van der Waals surface area (Å²) in [5.41, 5.74) is 7.36. The highest BCUT2D eigenvalue weighted by Gasteiger charge is 2.51. The Morgan fingerprint density at radius 2 is 1.72 bits per heavy atom. The predicted octanol–water partition coefficient (Wildman–Crippen LogP) is 6.10. The fraction of sp³-hybridized carbons (Fsp3) is 0.280. The first-order chi connectivity index (χ1) is 14.3. The zero-order chi connectivity index (χ0) is 19.3. The van der Waals surface area contributed by atoms with Gasteiger partial charge in [0, 0.05) is 18.4 Å². The number of hydrazine groups is 1. The number of benzene rings is 2. The maximum absolute atomic E-state index is 6.76. The number of thiophene rings is 1. The molecule has 0 saturated heterocycles. The highest BCUT2D eigenvalue weighted by Crippen LogP contribution is 2.51. The number of nitrogens with zero attached hydrogens (tertiary/aromatic N) is 1. The highest BCUT2D eigenvalue weighted by atomic mass is 32.1. The molecule has 0 unspecified atom stereocenters. The maximum Gasteiger partial charge on any atom is 0.180 e. The summed E-state index contributed by atoms with van der Waals surface area (Å²) in [4.78, 5) is 1.28. The summed E-state index contributed by atoms with van der Waals surface area (Å²) in [6.07, 6.45) is 6.71. The molecule has 6 rings (SSSR count). The van der Waals surface area contributed by atoms with Crippen LogP contribution in [0.15, 0.2) is 78.2 Å². The van der Waals surface area contributed by atoms with Crippen LogP contribution in [0.25, 0.3) is 5.70 Å². The van der Waals surface area contributed by atoms with E-state index in [2.05, 4.69) is 88.6 Å². The van der Waals surface area contributed by atoms with Crippen molar-refractivity contribution in [1.29, 1.82) is 0 Å². The van der Waals surface area contributed by atoms with E-state index in [1.54, 1.807) is 11.3 Å². The summed E-state index contributed by atoms with van der Waals surface area (Å²) >= 11 is 1.78. The molecule has 3 heterocycles. The first-order valence-corrected chi connectivity index (χ1v) is 11.3. The molecule has 146 valence electrons. The van der Waals surface area contributed by atoms with Gasteiger partial charge in [0.05, 0.1) is 16.6 Å². The van der Waals surface area contributed by atoms with Crippen LogP contribution >= 0.6 is 11.3 Å². The van der Waals surface area contributed by atoms with Crippen molar-refractivity contribution in [2.24, 2.45) is 0 Å². The molecule has 4 heteroatoms. The summed E-state index contributed by atoms with van der Waals surface area (Å²) in [7, 11) is 0. The Balaban J connectivity index is 1.34. The molecule has 1 fully saturated rings. The van der Waals surface area contributed by atoms with E-state index in [1.165, 1.54) is 21.7 Å². The van der Waals surface area contributed by atoms with Crippen LogP contribution in [0, 0.1) is 0 Å². The van der Waals surface area contributed by atoms with E-state index < -0.39 is 0 Å². The molecule has 29 heavy (non-hydrogen) atoms. The third-order valence-electron chi connectivity index (χ3n) is 6.64. The van der Waals surface area contributed by atoms with Gasteiger partial charge in [0.25, 0.3) is 0 Å². The Hall–Kier alpha value is -2.56. The van der Waals surface area contributed by atoms with E-state index in [-0.39, 0.29) is 11.8 Å². The number of para-hydroxylation sites is 1. The topological polar surface area (TPSA) is 24.5 Å². The molecular weight excluding hydrogens is 376 g/mol. The molecular formula is C25H24N2OS. The molecule has 3 aliphatic rings. The van der Waals surface area contributed by atoms with Gasteiger partial charge in [-0.05, 0) is 47.9 Å². The zero-order valence-electron chi connectivity index (χ0n) is 16.3.